The highest BCUT2D eigenvalue weighted by Gasteiger charge is 2.54. The molecular formula is C33H47N5O4S. The molecule has 3 aliphatic rings. The standard InChI is InChI=1S/C33H47N5O4S/c1-21(2)18-26-32(41)37-25(19-33(5,6)7)31(40)36(23-14-16-35(17-15-23)22(3)4)20-29(37)38(42-26)30(39)13-12-28-34-24-10-8-9-11-27(24)43-28/h8-13,21-23,25-26,29H,14-20H2,1-7H3/b13-12+/t25-,26+,29-/m0/s1. The van der Waals surface area contributed by atoms with E-state index in [1.54, 1.807) is 11.0 Å². The van der Waals surface area contributed by atoms with Gasteiger partial charge in [0.25, 0.3) is 11.8 Å². The van der Waals surface area contributed by atoms with Crippen LogP contribution in [0, 0.1) is 11.3 Å². The van der Waals surface area contributed by atoms with E-state index in [0.717, 1.165) is 41.2 Å². The number of hydroxylamine groups is 2. The molecule has 0 N–H and O–H groups in total. The number of hydrogen-bond donors (Lipinski definition) is 0. The maximum atomic E-state index is 14.3. The molecule has 0 spiro atoms. The van der Waals surface area contributed by atoms with Crippen LogP contribution in [0.2, 0.25) is 0 Å². The molecule has 3 fully saturated rings. The number of aromatic nitrogens is 1. The minimum Gasteiger partial charge on any atom is -0.334 e. The predicted octanol–water partition coefficient (Wildman–Crippen LogP) is 5.17. The fourth-order valence-corrected chi connectivity index (χ4v) is 7.41. The number of para-hydroxylation sites is 1. The lowest BCUT2D eigenvalue weighted by molar-refractivity contribution is -0.276. The van der Waals surface area contributed by atoms with Crippen LogP contribution in [0.25, 0.3) is 16.3 Å². The Morgan fingerprint density at radius 2 is 1.79 bits per heavy atom. The zero-order chi connectivity index (χ0) is 31.1. The average Bonchev–Trinajstić information content (AvgIpc) is 3.36. The van der Waals surface area contributed by atoms with Crippen molar-refractivity contribution in [2.45, 2.75) is 105 Å². The van der Waals surface area contributed by atoms with Gasteiger partial charge in [0.05, 0.1) is 16.8 Å². The third kappa shape index (κ3) is 6.97. The highest BCUT2D eigenvalue weighted by Crippen LogP contribution is 2.36. The van der Waals surface area contributed by atoms with Crippen molar-refractivity contribution in [2.24, 2.45) is 11.3 Å². The van der Waals surface area contributed by atoms with Crippen molar-refractivity contribution in [2.75, 3.05) is 19.6 Å². The average molecular weight is 610 g/mol. The maximum absolute atomic E-state index is 14.3. The molecule has 1 aromatic carbocycles. The molecule has 3 amide bonds. The molecule has 234 valence electrons. The van der Waals surface area contributed by atoms with E-state index in [4.69, 9.17) is 4.84 Å². The van der Waals surface area contributed by atoms with Gasteiger partial charge in [-0.15, -0.1) is 11.3 Å². The number of carbonyl (C=O) groups excluding carboxylic acids is 3. The third-order valence-corrected chi connectivity index (χ3v) is 9.69. The quantitative estimate of drug-likeness (QED) is 0.403. The van der Waals surface area contributed by atoms with Gasteiger partial charge < -0.3 is 14.7 Å². The number of nitrogens with zero attached hydrogens (tertiary/aromatic N) is 5. The Bertz CT molecular complexity index is 1320. The van der Waals surface area contributed by atoms with Crippen molar-refractivity contribution in [3.63, 3.8) is 0 Å². The Hall–Kier alpha value is -2.82. The Morgan fingerprint density at radius 3 is 2.42 bits per heavy atom. The summed E-state index contributed by atoms with van der Waals surface area (Å²) in [6.07, 6.45) is 4.38. The zero-order valence-corrected chi connectivity index (χ0v) is 27.5. The number of benzene rings is 1. The summed E-state index contributed by atoms with van der Waals surface area (Å²) in [6, 6.07) is 7.74. The van der Waals surface area contributed by atoms with Crippen LogP contribution in [0.4, 0.5) is 0 Å². The molecular weight excluding hydrogens is 562 g/mol. The normalized spacial score (nSPS) is 24.7. The van der Waals surface area contributed by atoms with Crippen molar-refractivity contribution < 1.29 is 19.2 Å². The van der Waals surface area contributed by atoms with Crippen molar-refractivity contribution in [1.82, 2.24) is 24.7 Å². The third-order valence-electron chi connectivity index (χ3n) is 8.68. The first kappa shape index (κ1) is 31.6. The summed E-state index contributed by atoms with van der Waals surface area (Å²) in [6.45, 7) is 16.8. The summed E-state index contributed by atoms with van der Waals surface area (Å²) in [7, 11) is 0. The molecule has 43 heavy (non-hydrogen) atoms. The number of likely N-dealkylation sites (tertiary alicyclic amines) is 1. The SMILES string of the molecule is CC(C)C[C@H]1ON(C(=O)/C=C/c2nc3ccccc3s2)[C@H]2CN(C3CCN(C(C)C)CC3)C(=O)[C@H](CC(C)(C)C)N2C1=O. The molecule has 0 radical (unpaired) electrons. The largest absolute Gasteiger partial charge is 0.334 e. The number of rotatable bonds is 7. The molecule has 3 aliphatic heterocycles. The van der Waals surface area contributed by atoms with Gasteiger partial charge in [-0.1, -0.05) is 46.8 Å². The molecule has 2 aromatic rings. The van der Waals surface area contributed by atoms with Crippen LogP contribution in [0.15, 0.2) is 30.3 Å². The fraction of sp³-hybridized carbons (Fsp3) is 0.636. The van der Waals surface area contributed by atoms with Crippen LogP contribution in [0.1, 0.15) is 79.2 Å². The minimum absolute atomic E-state index is 0.00913. The number of carbonyl (C=O) groups is 3. The number of hydrogen-bond acceptors (Lipinski definition) is 7. The number of piperidine rings is 1. The van der Waals surface area contributed by atoms with Crippen LogP contribution < -0.4 is 0 Å². The van der Waals surface area contributed by atoms with E-state index in [2.05, 4.69) is 44.5 Å². The Morgan fingerprint density at radius 1 is 1.09 bits per heavy atom. The molecule has 3 atom stereocenters. The smallest absolute Gasteiger partial charge is 0.272 e. The topological polar surface area (TPSA) is 86.3 Å². The highest BCUT2D eigenvalue weighted by molar-refractivity contribution is 7.19. The van der Waals surface area contributed by atoms with Crippen molar-refractivity contribution in [1.29, 1.82) is 0 Å². The lowest BCUT2D eigenvalue weighted by Crippen LogP contribution is -2.74. The molecule has 10 heteroatoms. The molecule has 1 aromatic heterocycles. The monoisotopic (exact) mass is 609 g/mol. The second-order valence-electron chi connectivity index (χ2n) is 14.1. The van der Waals surface area contributed by atoms with E-state index in [9.17, 15) is 14.4 Å². The van der Waals surface area contributed by atoms with E-state index in [1.807, 2.05) is 43.0 Å². The van der Waals surface area contributed by atoms with Gasteiger partial charge in [-0.25, -0.2) is 4.98 Å². The molecule has 4 heterocycles. The van der Waals surface area contributed by atoms with Crippen LogP contribution in [0.3, 0.4) is 0 Å². The summed E-state index contributed by atoms with van der Waals surface area (Å²) < 4.78 is 1.05. The molecule has 3 saturated heterocycles. The van der Waals surface area contributed by atoms with Gasteiger partial charge in [0, 0.05) is 31.2 Å². The molecule has 5 rings (SSSR count). The number of piperazine rings is 1. The Labute approximate surface area is 259 Å². The van der Waals surface area contributed by atoms with E-state index < -0.39 is 18.3 Å². The molecule has 0 aliphatic carbocycles. The van der Waals surface area contributed by atoms with Crippen LogP contribution in [-0.2, 0) is 19.2 Å². The van der Waals surface area contributed by atoms with Gasteiger partial charge in [-0.05, 0) is 69.1 Å². The Kier molecular flexibility index (Phi) is 9.30. The molecule has 0 unspecified atom stereocenters. The summed E-state index contributed by atoms with van der Waals surface area (Å²) >= 11 is 1.52. The maximum Gasteiger partial charge on any atom is 0.272 e. The lowest BCUT2D eigenvalue weighted by Gasteiger charge is -2.55. The number of thiazole rings is 1. The summed E-state index contributed by atoms with van der Waals surface area (Å²) in [5.74, 6) is -0.390. The second-order valence-corrected chi connectivity index (χ2v) is 15.2. The molecule has 9 nitrogen and oxygen atoms in total. The predicted molar refractivity (Wildman–Crippen MR) is 170 cm³/mol. The number of amides is 3. The number of fused-ring (bicyclic) bond motifs is 2. The molecule has 0 saturated carbocycles. The summed E-state index contributed by atoms with van der Waals surface area (Å²) in [4.78, 5) is 59.2. The van der Waals surface area contributed by atoms with Gasteiger partial charge in [0.2, 0.25) is 5.91 Å². The first-order valence-electron chi connectivity index (χ1n) is 15.7. The minimum atomic E-state index is -0.827. The van der Waals surface area contributed by atoms with Gasteiger partial charge in [0.1, 0.15) is 11.0 Å². The second kappa shape index (κ2) is 12.7. The zero-order valence-electron chi connectivity index (χ0n) is 26.7. The van der Waals surface area contributed by atoms with Crippen molar-refractivity contribution in [3.8, 4) is 0 Å². The van der Waals surface area contributed by atoms with Gasteiger partial charge in [0.15, 0.2) is 12.3 Å². The first-order chi connectivity index (χ1) is 20.3. The van der Waals surface area contributed by atoms with E-state index >= 15 is 0 Å². The molecule has 0 bridgehead atoms. The van der Waals surface area contributed by atoms with Crippen molar-refractivity contribution >= 4 is 45.4 Å². The van der Waals surface area contributed by atoms with Gasteiger partial charge in [-0.2, -0.15) is 5.06 Å². The van der Waals surface area contributed by atoms with E-state index in [1.165, 1.54) is 22.5 Å². The van der Waals surface area contributed by atoms with Crippen molar-refractivity contribution in [3.05, 3.63) is 35.3 Å². The van der Waals surface area contributed by atoms with Crippen LogP contribution >= 0.6 is 11.3 Å². The lowest BCUT2D eigenvalue weighted by atomic mass is 9.84. The van der Waals surface area contributed by atoms with E-state index in [0.29, 0.717) is 18.9 Å². The Balaban J connectivity index is 1.47. The van der Waals surface area contributed by atoms with Gasteiger partial charge >= 0.3 is 0 Å². The first-order valence-corrected chi connectivity index (χ1v) is 16.5. The highest BCUT2D eigenvalue weighted by atomic mass is 32.1. The fourth-order valence-electron chi connectivity index (χ4n) is 6.54. The summed E-state index contributed by atoms with van der Waals surface area (Å²) in [5.41, 5.74) is 0.681. The van der Waals surface area contributed by atoms with Gasteiger partial charge in [-0.3, -0.25) is 19.2 Å². The van der Waals surface area contributed by atoms with Crippen LogP contribution in [0.5, 0.6) is 0 Å². The summed E-state index contributed by atoms with van der Waals surface area (Å²) in [5, 5.41) is 2.09. The van der Waals surface area contributed by atoms with Crippen LogP contribution in [-0.4, -0.2) is 92.5 Å². The van der Waals surface area contributed by atoms with E-state index in [-0.39, 0.29) is 41.6 Å².